The monoisotopic (exact) mass is 355 g/mol. The smallest absolute Gasteiger partial charge is 0.0815 e. The van der Waals surface area contributed by atoms with Gasteiger partial charge in [0.15, 0.2) is 0 Å². The average Bonchev–Trinajstić information content (AvgIpc) is 2.74. The minimum atomic E-state index is 0.710. The van der Waals surface area contributed by atoms with Crippen LogP contribution >= 0.6 is 27.5 Å². The van der Waals surface area contributed by atoms with Gasteiger partial charge in [-0.05, 0) is 37.1 Å². The molecule has 0 saturated heterocycles. The molecule has 0 aliphatic rings. The summed E-state index contributed by atoms with van der Waals surface area (Å²) in [6.07, 6.45) is 2.84. The first-order chi connectivity index (χ1) is 9.61. The number of aromatic nitrogens is 2. The fourth-order valence-electron chi connectivity index (χ4n) is 1.98. The van der Waals surface area contributed by atoms with Crippen LogP contribution in [0.25, 0.3) is 0 Å². The second-order valence-electron chi connectivity index (χ2n) is 4.84. The normalized spacial score (nSPS) is 11.0. The average molecular weight is 357 g/mol. The molecule has 0 bridgehead atoms. The number of nitrogens with one attached hydrogen (secondary N) is 1. The molecule has 0 unspecified atom stereocenters. The summed E-state index contributed by atoms with van der Waals surface area (Å²) >= 11 is 9.67. The van der Waals surface area contributed by atoms with Crippen LogP contribution in [0.2, 0.25) is 5.02 Å². The van der Waals surface area contributed by atoms with E-state index >= 15 is 0 Å². The van der Waals surface area contributed by atoms with Crippen LogP contribution in [0.4, 0.5) is 0 Å². The summed E-state index contributed by atoms with van der Waals surface area (Å²) in [5.41, 5.74) is 3.48. The van der Waals surface area contributed by atoms with E-state index in [1.165, 1.54) is 11.1 Å². The van der Waals surface area contributed by atoms with E-state index in [0.717, 1.165) is 36.2 Å². The van der Waals surface area contributed by atoms with E-state index in [-0.39, 0.29) is 0 Å². The van der Waals surface area contributed by atoms with Gasteiger partial charge in [-0.25, -0.2) is 0 Å². The Balaban J connectivity index is 2.08. The largest absolute Gasteiger partial charge is 0.313 e. The van der Waals surface area contributed by atoms with Gasteiger partial charge in [0.05, 0.1) is 23.5 Å². The van der Waals surface area contributed by atoms with E-state index in [0.29, 0.717) is 5.02 Å². The summed E-state index contributed by atoms with van der Waals surface area (Å²) in [4.78, 5) is 0. The molecule has 2 aromatic rings. The predicted molar refractivity (Wildman–Crippen MR) is 87.2 cm³/mol. The van der Waals surface area contributed by atoms with E-state index < -0.39 is 0 Å². The highest BCUT2D eigenvalue weighted by Crippen LogP contribution is 2.21. The van der Waals surface area contributed by atoms with Crippen LogP contribution in [0.5, 0.6) is 0 Å². The summed E-state index contributed by atoms with van der Waals surface area (Å²) in [6, 6.07) is 6.46. The van der Waals surface area contributed by atoms with E-state index in [4.69, 9.17) is 11.6 Å². The highest BCUT2D eigenvalue weighted by atomic mass is 79.9. The zero-order chi connectivity index (χ0) is 14.5. The van der Waals surface area contributed by atoms with Crippen molar-refractivity contribution in [3.63, 3.8) is 0 Å². The number of hydrogen-bond donors (Lipinski definition) is 1. The van der Waals surface area contributed by atoms with Crippen molar-refractivity contribution in [2.24, 2.45) is 0 Å². The maximum atomic E-state index is 6.03. The van der Waals surface area contributed by atoms with Crippen LogP contribution in [0.3, 0.4) is 0 Å². The van der Waals surface area contributed by atoms with Crippen molar-refractivity contribution in [1.29, 1.82) is 0 Å². The number of nitrogens with zero attached hydrogens (tertiary/aromatic N) is 2. The Labute approximate surface area is 133 Å². The Morgan fingerprint density at radius 1 is 1.40 bits per heavy atom. The van der Waals surface area contributed by atoms with Gasteiger partial charge >= 0.3 is 0 Å². The van der Waals surface area contributed by atoms with Gasteiger partial charge in [0.2, 0.25) is 0 Å². The van der Waals surface area contributed by atoms with Gasteiger partial charge in [0.1, 0.15) is 0 Å². The molecule has 20 heavy (non-hydrogen) atoms. The van der Waals surface area contributed by atoms with Gasteiger partial charge in [-0.3, -0.25) is 4.68 Å². The highest BCUT2D eigenvalue weighted by molar-refractivity contribution is 9.10. The molecule has 0 saturated carbocycles. The van der Waals surface area contributed by atoms with Gasteiger partial charge in [0, 0.05) is 11.0 Å². The molecule has 1 aromatic carbocycles. The molecule has 0 radical (unpaired) electrons. The molecule has 0 amide bonds. The van der Waals surface area contributed by atoms with E-state index in [2.05, 4.69) is 51.5 Å². The molecule has 1 aromatic heterocycles. The van der Waals surface area contributed by atoms with Crippen molar-refractivity contribution in [3.05, 3.63) is 50.7 Å². The van der Waals surface area contributed by atoms with Crippen LogP contribution < -0.4 is 5.32 Å². The van der Waals surface area contributed by atoms with E-state index in [1.54, 1.807) is 6.20 Å². The van der Waals surface area contributed by atoms with Crippen LogP contribution in [0.1, 0.15) is 30.2 Å². The van der Waals surface area contributed by atoms with Crippen molar-refractivity contribution in [2.75, 3.05) is 6.54 Å². The van der Waals surface area contributed by atoms with Crippen LogP contribution in [0, 0.1) is 6.92 Å². The second kappa shape index (κ2) is 7.25. The topological polar surface area (TPSA) is 29.9 Å². The molecule has 2 rings (SSSR count). The lowest BCUT2D eigenvalue weighted by Crippen LogP contribution is -2.14. The van der Waals surface area contributed by atoms with Gasteiger partial charge in [0.25, 0.3) is 0 Å². The molecule has 1 N–H and O–H groups in total. The van der Waals surface area contributed by atoms with Crippen LogP contribution in [-0.4, -0.2) is 16.3 Å². The lowest BCUT2D eigenvalue weighted by molar-refractivity contribution is 0.660. The lowest BCUT2D eigenvalue weighted by atomic mass is 10.1. The fourth-order valence-corrected chi connectivity index (χ4v) is 2.68. The Bertz CT molecular complexity index is 580. The third-order valence-electron chi connectivity index (χ3n) is 3.24. The molecule has 0 fully saturated rings. The van der Waals surface area contributed by atoms with Gasteiger partial charge < -0.3 is 5.32 Å². The summed E-state index contributed by atoms with van der Waals surface area (Å²) < 4.78 is 3.02. The van der Waals surface area contributed by atoms with Gasteiger partial charge in [-0.15, -0.1) is 0 Å². The SMILES string of the molecule is CCCNCc1ccc(Cn2ncc(Cl)c2C)c(Br)c1. The van der Waals surface area contributed by atoms with Crippen LogP contribution in [-0.2, 0) is 13.1 Å². The summed E-state index contributed by atoms with van der Waals surface area (Å²) in [7, 11) is 0. The molecular formula is C15H19BrClN3. The fraction of sp³-hybridized carbons (Fsp3) is 0.400. The van der Waals surface area contributed by atoms with E-state index in [9.17, 15) is 0 Å². The number of benzene rings is 1. The number of hydrogen-bond acceptors (Lipinski definition) is 2. The van der Waals surface area contributed by atoms with Crippen molar-refractivity contribution in [3.8, 4) is 0 Å². The number of rotatable bonds is 6. The molecule has 1 heterocycles. The van der Waals surface area contributed by atoms with Crippen molar-refractivity contribution in [2.45, 2.75) is 33.4 Å². The molecule has 0 aliphatic heterocycles. The lowest BCUT2D eigenvalue weighted by Gasteiger charge is -2.10. The molecule has 0 aliphatic carbocycles. The third-order valence-corrected chi connectivity index (χ3v) is 4.35. The Kier molecular flexibility index (Phi) is 5.64. The first kappa shape index (κ1) is 15.5. The zero-order valence-electron chi connectivity index (χ0n) is 11.8. The molecule has 108 valence electrons. The number of halogens is 2. The Morgan fingerprint density at radius 2 is 2.20 bits per heavy atom. The quantitative estimate of drug-likeness (QED) is 0.788. The molecular weight excluding hydrogens is 338 g/mol. The van der Waals surface area contributed by atoms with Gasteiger partial charge in [-0.1, -0.05) is 46.6 Å². The Morgan fingerprint density at radius 3 is 2.80 bits per heavy atom. The summed E-state index contributed by atoms with van der Waals surface area (Å²) in [5.74, 6) is 0. The molecule has 0 spiro atoms. The van der Waals surface area contributed by atoms with Crippen molar-refractivity contribution in [1.82, 2.24) is 15.1 Å². The second-order valence-corrected chi connectivity index (χ2v) is 6.10. The first-order valence-electron chi connectivity index (χ1n) is 6.77. The molecule has 3 nitrogen and oxygen atoms in total. The van der Waals surface area contributed by atoms with Crippen LogP contribution in [0.15, 0.2) is 28.9 Å². The van der Waals surface area contributed by atoms with Crippen molar-refractivity contribution >= 4 is 27.5 Å². The zero-order valence-corrected chi connectivity index (χ0v) is 14.1. The van der Waals surface area contributed by atoms with Gasteiger partial charge in [-0.2, -0.15) is 5.10 Å². The minimum Gasteiger partial charge on any atom is -0.313 e. The Hall–Kier alpha value is -0.840. The predicted octanol–water partition coefficient (Wildman–Crippen LogP) is 4.16. The summed E-state index contributed by atoms with van der Waals surface area (Å²) in [6.45, 7) is 6.82. The van der Waals surface area contributed by atoms with Crippen molar-refractivity contribution < 1.29 is 0 Å². The highest BCUT2D eigenvalue weighted by Gasteiger charge is 2.07. The maximum Gasteiger partial charge on any atom is 0.0815 e. The third kappa shape index (κ3) is 3.84. The molecule has 5 heteroatoms. The first-order valence-corrected chi connectivity index (χ1v) is 7.94. The minimum absolute atomic E-state index is 0.710. The summed E-state index contributed by atoms with van der Waals surface area (Å²) in [5, 5.41) is 8.40. The maximum absolute atomic E-state index is 6.03. The van der Waals surface area contributed by atoms with E-state index in [1.807, 2.05) is 11.6 Å². The standard InChI is InChI=1S/C15H19BrClN3/c1-3-6-18-8-12-4-5-13(14(16)7-12)10-20-11(2)15(17)9-19-20/h4-5,7,9,18H,3,6,8,10H2,1-2H3. The molecule has 0 atom stereocenters.